The first kappa shape index (κ1) is 23.1. The molecule has 0 radical (unpaired) electrons. The van der Waals surface area contributed by atoms with Crippen molar-refractivity contribution in [3.63, 3.8) is 0 Å². The Labute approximate surface area is 212 Å². The van der Waals surface area contributed by atoms with Crippen LogP contribution in [0.15, 0.2) is 36.5 Å². The van der Waals surface area contributed by atoms with Crippen LogP contribution >= 0.6 is 11.6 Å². The lowest BCUT2D eigenvalue weighted by atomic mass is 9.73. The fourth-order valence-electron chi connectivity index (χ4n) is 5.66. The van der Waals surface area contributed by atoms with Gasteiger partial charge in [0.25, 0.3) is 5.92 Å². The molecule has 11 heteroatoms. The van der Waals surface area contributed by atoms with Crippen molar-refractivity contribution in [1.29, 1.82) is 5.26 Å². The van der Waals surface area contributed by atoms with E-state index in [0.717, 1.165) is 41.9 Å². The molecule has 2 fully saturated rings. The highest BCUT2D eigenvalue weighted by Gasteiger charge is 2.57. The van der Waals surface area contributed by atoms with Gasteiger partial charge in [-0.25, -0.2) is 13.8 Å². The number of alkyl halides is 2. The number of nitrogens with zero attached hydrogens (tertiary/aromatic N) is 8. The van der Waals surface area contributed by atoms with E-state index < -0.39 is 11.5 Å². The van der Waals surface area contributed by atoms with Crippen molar-refractivity contribution < 1.29 is 8.78 Å². The van der Waals surface area contributed by atoms with Gasteiger partial charge >= 0.3 is 0 Å². The average molecular weight is 511 g/mol. The summed E-state index contributed by atoms with van der Waals surface area (Å²) in [6.07, 6.45) is 1.32. The summed E-state index contributed by atoms with van der Waals surface area (Å²) in [5.74, 6) is -0.376. The molecule has 8 nitrogen and oxygen atoms in total. The number of hydrogen-bond donors (Lipinski definition) is 0. The summed E-state index contributed by atoms with van der Waals surface area (Å²) in [7, 11) is 0. The number of aromatic nitrogens is 4. The molecule has 1 saturated heterocycles. The number of piperazine rings is 1. The summed E-state index contributed by atoms with van der Waals surface area (Å²) in [5, 5.41) is 18.9. The van der Waals surface area contributed by atoms with Gasteiger partial charge in [-0.05, 0) is 42.8 Å². The fraction of sp³-hybridized carbons (Fsp3) is 0.440. The summed E-state index contributed by atoms with van der Waals surface area (Å²) in [6, 6.07) is 11.4. The van der Waals surface area contributed by atoms with Gasteiger partial charge < -0.3 is 9.80 Å². The van der Waals surface area contributed by atoms with Gasteiger partial charge in [0.2, 0.25) is 5.95 Å². The Morgan fingerprint density at radius 3 is 2.47 bits per heavy atom. The third-order valence-electron chi connectivity index (χ3n) is 7.49. The van der Waals surface area contributed by atoms with Gasteiger partial charge in [-0.1, -0.05) is 11.6 Å². The Hall–Kier alpha value is -3.29. The molecule has 0 unspecified atom stereocenters. The Morgan fingerprint density at radius 1 is 1.00 bits per heavy atom. The number of pyridine rings is 1. The van der Waals surface area contributed by atoms with E-state index in [4.69, 9.17) is 11.6 Å². The highest BCUT2D eigenvalue weighted by molar-refractivity contribution is 6.30. The number of hydrogen-bond acceptors (Lipinski definition) is 7. The minimum Gasteiger partial charge on any atom is -0.353 e. The highest BCUT2D eigenvalue weighted by Crippen LogP contribution is 2.50. The molecule has 1 saturated carbocycles. The smallest absolute Gasteiger partial charge is 0.251 e. The standard InChI is InChI=1S/C25H25ClF2N8/c1-24(15-25(27,28)16-24)35-13-18-11-19(26)2-3-20(18)36-22(14-35)31-32-23(36)34-8-6-33(7-9-34)21-10-17(12-29)4-5-30-21/h2-5,10-11H,6-9,13-16H2,1H3. The SMILES string of the molecule is CC1(N2Cc3cc(Cl)ccc3-n3c(nnc3N3CCN(c4cc(C#N)ccn4)CC3)C2)CC(F)(F)C1. The fourth-order valence-corrected chi connectivity index (χ4v) is 5.85. The van der Waals surface area contributed by atoms with Gasteiger partial charge in [-0.3, -0.25) is 9.47 Å². The van der Waals surface area contributed by atoms with Crippen LogP contribution in [0.5, 0.6) is 0 Å². The van der Waals surface area contributed by atoms with Gasteiger partial charge in [0.15, 0.2) is 5.82 Å². The molecule has 1 aliphatic carbocycles. The zero-order valence-electron chi connectivity index (χ0n) is 19.8. The van der Waals surface area contributed by atoms with E-state index in [1.54, 1.807) is 18.3 Å². The number of halogens is 3. The van der Waals surface area contributed by atoms with E-state index in [-0.39, 0.29) is 12.8 Å². The molecule has 3 aliphatic rings. The number of fused-ring (bicyclic) bond motifs is 3. The molecule has 0 N–H and O–H groups in total. The van der Waals surface area contributed by atoms with E-state index in [2.05, 4.69) is 40.5 Å². The van der Waals surface area contributed by atoms with Crippen LogP contribution in [0.1, 0.15) is 36.7 Å². The van der Waals surface area contributed by atoms with Gasteiger partial charge in [-0.2, -0.15) is 5.26 Å². The summed E-state index contributed by atoms with van der Waals surface area (Å²) in [5.41, 5.74) is 1.87. The predicted molar refractivity (Wildman–Crippen MR) is 132 cm³/mol. The summed E-state index contributed by atoms with van der Waals surface area (Å²) < 4.78 is 29.8. The zero-order valence-corrected chi connectivity index (χ0v) is 20.6. The normalized spacial score (nSPS) is 20.6. The molecule has 0 spiro atoms. The largest absolute Gasteiger partial charge is 0.353 e. The summed E-state index contributed by atoms with van der Waals surface area (Å²) >= 11 is 6.35. The molecular weight excluding hydrogens is 486 g/mol. The van der Waals surface area contributed by atoms with Crippen molar-refractivity contribution in [1.82, 2.24) is 24.6 Å². The van der Waals surface area contributed by atoms with Crippen molar-refractivity contribution in [3.05, 3.63) is 58.5 Å². The molecule has 2 aromatic heterocycles. The second-order valence-corrected chi connectivity index (χ2v) is 10.5. The van der Waals surface area contributed by atoms with Crippen molar-refractivity contribution in [2.24, 2.45) is 0 Å². The first-order valence-electron chi connectivity index (χ1n) is 12.0. The van der Waals surface area contributed by atoms with Crippen molar-refractivity contribution in [2.45, 2.75) is 44.3 Å². The maximum atomic E-state index is 13.9. The molecule has 186 valence electrons. The maximum absolute atomic E-state index is 13.9. The van der Waals surface area contributed by atoms with Crippen molar-refractivity contribution in [2.75, 3.05) is 36.0 Å². The van der Waals surface area contributed by atoms with E-state index in [1.807, 2.05) is 25.1 Å². The zero-order chi connectivity index (χ0) is 25.1. The quantitative estimate of drug-likeness (QED) is 0.526. The molecule has 0 bridgehead atoms. The van der Waals surface area contributed by atoms with Crippen LogP contribution in [0.3, 0.4) is 0 Å². The van der Waals surface area contributed by atoms with Crippen LogP contribution in [0.25, 0.3) is 5.69 Å². The van der Waals surface area contributed by atoms with Gasteiger partial charge in [0.05, 0.1) is 23.9 Å². The lowest BCUT2D eigenvalue weighted by Gasteiger charge is -2.51. The van der Waals surface area contributed by atoms with E-state index in [9.17, 15) is 14.0 Å². The van der Waals surface area contributed by atoms with E-state index in [1.165, 1.54) is 0 Å². The molecule has 0 atom stereocenters. The third-order valence-corrected chi connectivity index (χ3v) is 7.73. The molecule has 4 heterocycles. The van der Waals surface area contributed by atoms with Crippen LogP contribution in [-0.2, 0) is 13.1 Å². The number of nitriles is 1. The molecule has 1 aromatic carbocycles. The second-order valence-electron chi connectivity index (χ2n) is 10.1. The van der Waals surface area contributed by atoms with Gasteiger partial charge in [0, 0.05) is 62.3 Å². The topological polar surface area (TPSA) is 77.1 Å². The minimum absolute atomic E-state index is 0.167. The Morgan fingerprint density at radius 2 is 1.75 bits per heavy atom. The number of benzene rings is 1. The third kappa shape index (κ3) is 3.96. The van der Waals surface area contributed by atoms with Crippen molar-refractivity contribution in [3.8, 4) is 11.8 Å². The Kier molecular flexibility index (Phi) is 5.39. The molecule has 0 amide bonds. The molecule has 36 heavy (non-hydrogen) atoms. The van der Waals surface area contributed by atoms with E-state index in [0.29, 0.717) is 36.8 Å². The van der Waals surface area contributed by atoms with Crippen LogP contribution in [0.4, 0.5) is 20.5 Å². The Balaban J connectivity index is 1.30. The molecule has 6 rings (SSSR count). The van der Waals surface area contributed by atoms with Crippen molar-refractivity contribution >= 4 is 23.4 Å². The molecular formula is C25H25ClF2N8. The first-order chi connectivity index (χ1) is 17.2. The lowest BCUT2D eigenvalue weighted by Crippen LogP contribution is -2.59. The molecule has 2 aliphatic heterocycles. The Bertz CT molecular complexity index is 1350. The maximum Gasteiger partial charge on any atom is 0.251 e. The first-order valence-corrected chi connectivity index (χ1v) is 12.3. The van der Waals surface area contributed by atoms with Gasteiger partial charge in [-0.15, -0.1) is 10.2 Å². The molecule has 3 aromatic rings. The summed E-state index contributed by atoms with van der Waals surface area (Å²) in [6.45, 7) is 5.68. The monoisotopic (exact) mass is 510 g/mol. The number of rotatable bonds is 3. The number of anilines is 2. The van der Waals surface area contributed by atoms with Crippen LogP contribution in [0.2, 0.25) is 5.02 Å². The average Bonchev–Trinajstić information content (AvgIpc) is 3.18. The predicted octanol–water partition coefficient (Wildman–Crippen LogP) is 4.02. The van der Waals surface area contributed by atoms with E-state index >= 15 is 0 Å². The summed E-state index contributed by atoms with van der Waals surface area (Å²) in [4.78, 5) is 10.9. The second kappa shape index (κ2) is 8.39. The minimum atomic E-state index is -2.63. The van der Waals surface area contributed by atoms with Crippen LogP contribution in [-0.4, -0.2) is 62.3 Å². The van der Waals surface area contributed by atoms with Crippen LogP contribution in [0, 0.1) is 11.3 Å². The lowest BCUT2D eigenvalue weighted by molar-refractivity contribution is -0.173. The highest BCUT2D eigenvalue weighted by atomic mass is 35.5. The van der Waals surface area contributed by atoms with Gasteiger partial charge in [0.1, 0.15) is 5.82 Å². The van der Waals surface area contributed by atoms with Crippen LogP contribution < -0.4 is 9.80 Å².